The molecule has 0 unspecified atom stereocenters. The van der Waals surface area contributed by atoms with Gasteiger partial charge in [-0.1, -0.05) is 12.1 Å². The molecule has 1 fully saturated rings. The minimum atomic E-state index is -0.128. The molecule has 1 atom stereocenters. The van der Waals surface area contributed by atoms with Gasteiger partial charge in [-0.05, 0) is 60.2 Å². The molecule has 1 amide bonds. The maximum Gasteiger partial charge on any atom is 0.251 e. The summed E-state index contributed by atoms with van der Waals surface area (Å²) >= 11 is 0. The van der Waals surface area contributed by atoms with E-state index in [0.29, 0.717) is 17.9 Å². The first-order valence-electron chi connectivity index (χ1n) is 12.1. The molecule has 2 heterocycles. The third kappa shape index (κ3) is 5.18. The second kappa shape index (κ2) is 10.8. The minimum absolute atomic E-state index is 0.00734. The third-order valence-corrected chi connectivity index (χ3v) is 6.76. The number of nitrogens with zero attached hydrogens (tertiary/aromatic N) is 2. The zero-order chi connectivity index (χ0) is 24.9. The Kier molecular flexibility index (Phi) is 7.13. The minimum Gasteiger partial charge on any atom is -0.497 e. The Morgan fingerprint density at radius 2 is 1.64 bits per heavy atom. The van der Waals surface area contributed by atoms with E-state index < -0.39 is 0 Å². The van der Waals surface area contributed by atoms with Gasteiger partial charge in [-0.15, -0.1) is 0 Å². The van der Waals surface area contributed by atoms with E-state index in [9.17, 15) is 4.79 Å². The second-order valence-corrected chi connectivity index (χ2v) is 8.79. The van der Waals surface area contributed by atoms with Crippen molar-refractivity contribution in [3.8, 4) is 23.0 Å². The fourth-order valence-electron chi connectivity index (χ4n) is 4.72. The van der Waals surface area contributed by atoms with Crippen LogP contribution < -0.4 is 29.2 Å². The van der Waals surface area contributed by atoms with E-state index in [-0.39, 0.29) is 18.7 Å². The zero-order valence-electron chi connectivity index (χ0n) is 20.6. The first kappa shape index (κ1) is 23.8. The molecule has 3 aromatic carbocycles. The highest BCUT2D eigenvalue weighted by Crippen LogP contribution is 2.36. The predicted molar refractivity (Wildman–Crippen MR) is 137 cm³/mol. The van der Waals surface area contributed by atoms with Crippen molar-refractivity contribution in [2.45, 2.75) is 6.04 Å². The fourth-order valence-corrected chi connectivity index (χ4v) is 4.72. The van der Waals surface area contributed by atoms with Crippen LogP contribution in [0.1, 0.15) is 22.0 Å². The molecule has 8 heteroatoms. The van der Waals surface area contributed by atoms with E-state index >= 15 is 0 Å². The number of carbonyl (C=O) groups is 1. The number of hydrogen-bond acceptors (Lipinski definition) is 7. The summed E-state index contributed by atoms with van der Waals surface area (Å²) in [4.78, 5) is 17.8. The predicted octanol–water partition coefficient (Wildman–Crippen LogP) is 3.73. The summed E-state index contributed by atoms with van der Waals surface area (Å²) in [5.74, 6) is 2.88. The number of fused-ring (bicyclic) bond motifs is 1. The summed E-state index contributed by atoms with van der Waals surface area (Å²) in [5.41, 5.74) is 2.84. The number of carbonyl (C=O) groups excluding carboxylic acids is 1. The van der Waals surface area contributed by atoms with Crippen LogP contribution in [0.5, 0.6) is 23.0 Å². The molecular weight excluding hydrogens is 458 g/mol. The highest BCUT2D eigenvalue weighted by molar-refractivity contribution is 5.94. The normalized spacial score (nSPS) is 15.9. The molecule has 0 spiro atoms. The fraction of sp³-hybridized carbons (Fsp3) is 0.321. The van der Waals surface area contributed by atoms with Crippen molar-refractivity contribution >= 4 is 11.6 Å². The SMILES string of the molecule is COc1ccc(N2CCN([C@H](CNC(=O)c3cccc(OC)c3)c3ccc4c(c3)OCO4)CC2)cc1. The molecule has 8 nitrogen and oxygen atoms in total. The summed E-state index contributed by atoms with van der Waals surface area (Å²) in [6, 6.07) is 21.4. The standard InChI is InChI=1S/C28H31N3O5/c1-33-23-9-7-22(8-10-23)30-12-14-31(15-13-30)25(20-6-11-26-27(17-20)36-19-35-26)18-29-28(32)21-4-3-5-24(16-21)34-2/h3-11,16-17,25H,12-15,18-19H2,1-2H3,(H,29,32)/t25-/m1/s1. The van der Waals surface area contributed by atoms with Gasteiger partial charge >= 0.3 is 0 Å². The third-order valence-electron chi connectivity index (χ3n) is 6.76. The van der Waals surface area contributed by atoms with Gasteiger partial charge < -0.3 is 29.2 Å². The van der Waals surface area contributed by atoms with Gasteiger partial charge in [0.15, 0.2) is 11.5 Å². The summed E-state index contributed by atoms with van der Waals surface area (Å²) < 4.78 is 21.7. The molecule has 1 N–H and O–H groups in total. The van der Waals surface area contributed by atoms with E-state index in [1.54, 1.807) is 26.4 Å². The van der Waals surface area contributed by atoms with Crippen LogP contribution in [0.3, 0.4) is 0 Å². The van der Waals surface area contributed by atoms with E-state index in [2.05, 4.69) is 33.3 Å². The largest absolute Gasteiger partial charge is 0.497 e. The Morgan fingerprint density at radius 1 is 0.889 bits per heavy atom. The molecule has 0 saturated carbocycles. The van der Waals surface area contributed by atoms with Crippen molar-refractivity contribution in [2.75, 3.05) is 58.6 Å². The molecule has 2 aliphatic heterocycles. The van der Waals surface area contributed by atoms with Gasteiger partial charge in [0.25, 0.3) is 5.91 Å². The van der Waals surface area contributed by atoms with Crippen LogP contribution in [0.4, 0.5) is 5.69 Å². The summed E-state index contributed by atoms with van der Waals surface area (Å²) in [7, 11) is 3.27. The number of benzene rings is 3. The number of nitrogens with one attached hydrogen (secondary N) is 1. The summed E-state index contributed by atoms with van der Waals surface area (Å²) in [6.07, 6.45) is 0. The number of ether oxygens (including phenoxy) is 4. The molecule has 3 aromatic rings. The van der Waals surface area contributed by atoms with Crippen LogP contribution in [-0.2, 0) is 0 Å². The molecule has 0 aromatic heterocycles. The zero-order valence-corrected chi connectivity index (χ0v) is 20.6. The lowest BCUT2D eigenvalue weighted by molar-refractivity contribution is 0.0930. The van der Waals surface area contributed by atoms with E-state index in [1.807, 2.05) is 36.4 Å². The van der Waals surface area contributed by atoms with Gasteiger partial charge in [-0.2, -0.15) is 0 Å². The van der Waals surface area contributed by atoms with E-state index in [0.717, 1.165) is 49.0 Å². The topological polar surface area (TPSA) is 72.5 Å². The lowest BCUT2D eigenvalue weighted by atomic mass is 10.0. The number of hydrogen-bond donors (Lipinski definition) is 1. The summed E-state index contributed by atoms with van der Waals surface area (Å²) in [5, 5.41) is 3.13. The molecule has 0 radical (unpaired) electrons. The van der Waals surface area contributed by atoms with Crippen LogP contribution >= 0.6 is 0 Å². The quantitative estimate of drug-likeness (QED) is 0.517. The van der Waals surface area contributed by atoms with Gasteiger partial charge in [0.2, 0.25) is 6.79 Å². The lowest BCUT2D eigenvalue weighted by Crippen LogP contribution is -2.50. The average molecular weight is 490 g/mol. The van der Waals surface area contributed by atoms with E-state index in [1.165, 1.54) is 5.69 Å². The molecule has 0 bridgehead atoms. The van der Waals surface area contributed by atoms with E-state index in [4.69, 9.17) is 18.9 Å². The van der Waals surface area contributed by atoms with Crippen molar-refractivity contribution < 1.29 is 23.7 Å². The maximum atomic E-state index is 13.0. The monoisotopic (exact) mass is 489 g/mol. The number of anilines is 1. The van der Waals surface area contributed by atoms with Gasteiger partial charge in [0.1, 0.15) is 11.5 Å². The van der Waals surface area contributed by atoms with Crippen LogP contribution in [0.25, 0.3) is 0 Å². The van der Waals surface area contributed by atoms with Crippen molar-refractivity contribution in [2.24, 2.45) is 0 Å². The Bertz CT molecular complexity index is 1190. The molecule has 36 heavy (non-hydrogen) atoms. The summed E-state index contributed by atoms with van der Waals surface area (Å²) in [6.45, 7) is 4.20. The van der Waals surface area contributed by atoms with Gasteiger partial charge in [-0.3, -0.25) is 9.69 Å². The second-order valence-electron chi connectivity index (χ2n) is 8.79. The van der Waals surface area contributed by atoms with Crippen LogP contribution in [0, 0.1) is 0 Å². The number of methoxy groups -OCH3 is 2. The molecule has 188 valence electrons. The Morgan fingerprint density at radius 3 is 2.39 bits per heavy atom. The number of rotatable bonds is 8. The molecular formula is C28H31N3O5. The van der Waals surface area contributed by atoms with Crippen LogP contribution in [0.15, 0.2) is 66.7 Å². The molecule has 2 aliphatic rings. The molecule has 0 aliphatic carbocycles. The van der Waals surface area contributed by atoms with Crippen molar-refractivity contribution in [1.82, 2.24) is 10.2 Å². The molecule has 5 rings (SSSR count). The Balaban J connectivity index is 1.30. The van der Waals surface area contributed by atoms with Crippen molar-refractivity contribution in [3.63, 3.8) is 0 Å². The van der Waals surface area contributed by atoms with Gasteiger partial charge in [0.05, 0.1) is 20.3 Å². The lowest BCUT2D eigenvalue weighted by Gasteiger charge is -2.40. The van der Waals surface area contributed by atoms with Gasteiger partial charge in [-0.25, -0.2) is 0 Å². The number of amides is 1. The molecule has 1 saturated heterocycles. The van der Waals surface area contributed by atoms with Crippen molar-refractivity contribution in [3.05, 3.63) is 77.9 Å². The first-order valence-corrected chi connectivity index (χ1v) is 12.1. The first-order chi connectivity index (χ1) is 17.6. The van der Waals surface area contributed by atoms with Crippen molar-refractivity contribution in [1.29, 1.82) is 0 Å². The smallest absolute Gasteiger partial charge is 0.251 e. The Hall–Kier alpha value is -3.91. The van der Waals surface area contributed by atoms with Crippen LogP contribution in [0.2, 0.25) is 0 Å². The van der Waals surface area contributed by atoms with Crippen LogP contribution in [-0.4, -0.2) is 64.5 Å². The van der Waals surface area contributed by atoms with Gasteiger partial charge in [0, 0.05) is 44.0 Å². The Labute approximate surface area is 211 Å². The number of piperazine rings is 1. The maximum absolute atomic E-state index is 13.0. The average Bonchev–Trinajstić information content (AvgIpc) is 3.42. The highest BCUT2D eigenvalue weighted by atomic mass is 16.7. The highest BCUT2D eigenvalue weighted by Gasteiger charge is 2.27.